The second kappa shape index (κ2) is 9.23. The topological polar surface area (TPSA) is 76.7 Å². The zero-order valence-electron chi connectivity index (χ0n) is 16.5. The fraction of sp³-hybridized carbons (Fsp3) is 0.136. The number of alkyl halides is 3. The van der Waals surface area contributed by atoms with Crippen molar-refractivity contribution in [3.63, 3.8) is 0 Å². The number of nitrogens with zero attached hydrogens (tertiary/aromatic N) is 3. The first-order valence-electron chi connectivity index (χ1n) is 9.50. The Bertz CT molecular complexity index is 1210. The zero-order valence-corrected chi connectivity index (χ0v) is 18.0. The molecule has 1 atom stereocenters. The third kappa shape index (κ3) is 5.07. The van der Waals surface area contributed by atoms with Crippen LogP contribution in [0.3, 0.4) is 0 Å². The number of aromatic nitrogens is 3. The molecule has 0 aliphatic heterocycles. The van der Waals surface area contributed by atoms with Gasteiger partial charge in [-0.05, 0) is 30.3 Å². The lowest BCUT2D eigenvalue weighted by Crippen LogP contribution is -2.20. The Morgan fingerprint density at radius 1 is 1.00 bits per heavy atom. The van der Waals surface area contributed by atoms with Crippen molar-refractivity contribution in [2.45, 2.75) is 12.2 Å². The van der Waals surface area contributed by atoms with Gasteiger partial charge in [0, 0.05) is 40.2 Å². The minimum Gasteiger partial charge on any atom is -0.368 e. The van der Waals surface area contributed by atoms with E-state index in [1.165, 1.54) is 18.5 Å². The molecule has 0 amide bonds. The second-order valence-electron chi connectivity index (χ2n) is 6.92. The van der Waals surface area contributed by atoms with E-state index in [0.717, 1.165) is 22.2 Å². The molecular formula is C22H17ClF3N5S. The van der Waals surface area contributed by atoms with Gasteiger partial charge in [0.2, 0.25) is 0 Å². The van der Waals surface area contributed by atoms with Crippen molar-refractivity contribution in [1.82, 2.24) is 15.0 Å². The molecule has 0 radical (unpaired) electrons. The first-order valence-corrected chi connectivity index (χ1v) is 10.8. The Balaban J connectivity index is 1.45. The number of halogens is 4. The van der Waals surface area contributed by atoms with Crippen molar-refractivity contribution in [3.05, 3.63) is 81.9 Å². The largest absolute Gasteiger partial charge is 0.417 e. The van der Waals surface area contributed by atoms with Crippen molar-refractivity contribution in [1.29, 1.82) is 0 Å². The van der Waals surface area contributed by atoms with Gasteiger partial charge in [-0.3, -0.25) is 4.98 Å². The van der Waals surface area contributed by atoms with Crippen molar-refractivity contribution >= 4 is 28.8 Å². The molecule has 0 spiro atoms. The number of rotatable bonds is 6. The Morgan fingerprint density at radius 3 is 2.56 bits per heavy atom. The molecular weight excluding hydrogens is 459 g/mol. The summed E-state index contributed by atoms with van der Waals surface area (Å²) in [7, 11) is 0. The number of pyridine rings is 1. The summed E-state index contributed by atoms with van der Waals surface area (Å²) >= 11 is 7.37. The number of thiophene rings is 1. The maximum atomic E-state index is 12.9. The van der Waals surface area contributed by atoms with E-state index in [2.05, 4.69) is 20.3 Å². The first-order chi connectivity index (χ1) is 15.3. The van der Waals surface area contributed by atoms with Gasteiger partial charge in [0.25, 0.3) is 0 Å². The highest BCUT2D eigenvalue weighted by atomic mass is 35.5. The van der Waals surface area contributed by atoms with Crippen LogP contribution in [-0.2, 0) is 6.18 Å². The molecule has 0 aliphatic carbocycles. The van der Waals surface area contributed by atoms with E-state index >= 15 is 0 Å². The molecule has 10 heteroatoms. The van der Waals surface area contributed by atoms with E-state index in [4.69, 9.17) is 17.3 Å². The summed E-state index contributed by atoms with van der Waals surface area (Å²) in [6, 6.07) is 12.6. The maximum Gasteiger partial charge on any atom is 0.417 e. The average molecular weight is 476 g/mol. The molecule has 1 aromatic carbocycles. The number of anilines is 1. The fourth-order valence-corrected chi connectivity index (χ4v) is 4.24. The molecule has 0 saturated heterocycles. The number of hydrogen-bond donors (Lipinski definition) is 2. The predicted molar refractivity (Wildman–Crippen MR) is 120 cm³/mol. The van der Waals surface area contributed by atoms with Crippen LogP contribution in [0.1, 0.15) is 16.5 Å². The Kier molecular flexibility index (Phi) is 6.40. The third-order valence-corrected chi connectivity index (χ3v) is 6.06. The predicted octanol–water partition coefficient (Wildman–Crippen LogP) is 6.05. The smallest absolute Gasteiger partial charge is 0.368 e. The monoisotopic (exact) mass is 475 g/mol. The third-order valence-electron chi connectivity index (χ3n) is 4.69. The van der Waals surface area contributed by atoms with Crippen LogP contribution in [-0.4, -0.2) is 21.5 Å². The molecule has 3 aromatic heterocycles. The summed E-state index contributed by atoms with van der Waals surface area (Å²) in [4.78, 5) is 13.6. The minimum absolute atomic E-state index is 0.281. The van der Waals surface area contributed by atoms with Crippen LogP contribution >= 0.6 is 22.9 Å². The molecule has 3 heterocycles. The van der Waals surface area contributed by atoms with E-state index in [9.17, 15) is 13.2 Å². The zero-order chi connectivity index (χ0) is 22.7. The van der Waals surface area contributed by atoms with Gasteiger partial charge in [0.05, 0.1) is 28.0 Å². The summed E-state index contributed by atoms with van der Waals surface area (Å²) < 4.78 is 38.8. The van der Waals surface area contributed by atoms with Gasteiger partial charge >= 0.3 is 6.18 Å². The molecule has 3 N–H and O–H groups in total. The van der Waals surface area contributed by atoms with Crippen LogP contribution in [0.5, 0.6) is 0 Å². The van der Waals surface area contributed by atoms with E-state index < -0.39 is 11.7 Å². The molecule has 0 unspecified atom stereocenters. The highest BCUT2D eigenvalue weighted by Gasteiger charge is 2.33. The van der Waals surface area contributed by atoms with Crippen LogP contribution in [0.25, 0.3) is 22.5 Å². The van der Waals surface area contributed by atoms with Crippen molar-refractivity contribution < 1.29 is 13.2 Å². The van der Waals surface area contributed by atoms with Crippen molar-refractivity contribution in [2.75, 3.05) is 11.9 Å². The van der Waals surface area contributed by atoms with Gasteiger partial charge in [0.1, 0.15) is 12.1 Å². The van der Waals surface area contributed by atoms with Gasteiger partial charge in [-0.1, -0.05) is 23.7 Å². The lowest BCUT2D eigenvalue weighted by atomic mass is 10.1. The van der Waals surface area contributed by atoms with E-state index in [1.807, 2.05) is 29.6 Å². The molecule has 5 nitrogen and oxygen atoms in total. The number of nitrogens with one attached hydrogen (secondary N) is 1. The van der Waals surface area contributed by atoms with Crippen LogP contribution < -0.4 is 11.1 Å². The Labute approximate surface area is 191 Å². The van der Waals surface area contributed by atoms with Gasteiger partial charge in [-0.2, -0.15) is 13.2 Å². The molecule has 0 saturated carbocycles. The fourth-order valence-electron chi connectivity index (χ4n) is 3.05. The van der Waals surface area contributed by atoms with Gasteiger partial charge in [0.15, 0.2) is 0 Å². The number of nitrogens with two attached hydrogens (primary N) is 1. The molecule has 0 aliphatic rings. The molecule has 0 fully saturated rings. The lowest BCUT2D eigenvalue weighted by molar-refractivity contribution is -0.137. The second-order valence-corrected chi connectivity index (χ2v) is 8.27. The number of benzene rings is 1. The quantitative estimate of drug-likeness (QED) is 0.355. The van der Waals surface area contributed by atoms with Crippen LogP contribution in [0.2, 0.25) is 5.02 Å². The standard InChI is InChI=1S/C22H17ClF3N5S/c23-16-7-13(4-5-15(16)22(24,25)26)19-9-21(31-12-30-19)29-10-17(27)20-8-14(11-32-20)18-3-1-2-6-28-18/h1-9,11-12,17H,10,27H2,(H,29,30,31)/t17-/m0/s1. The first kappa shape index (κ1) is 22.2. The van der Waals surface area contributed by atoms with Crippen molar-refractivity contribution in [3.8, 4) is 22.5 Å². The average Bonchev–Trinajstić information content (AvgIpc) is 3.28. The molecule has 4 aromatic rings. The van der Waals surface area contributed by atoms with E-state index in [1.54, 1.807) is 23.6 Å². The molecule has 164 valence electrons. The summed E-state index contributed by atoms with van der Waals surface area (Å²) in [5, 5.41) is 4.78. The van der Waals surface area contributed by atoms with Gasteiger partial charge in [-0.25, -0.2) is 9.97 Å². The normalized spacial score (nSPS) is 12.5. The van der Waals surface area contributed by atoms with E-state index in [-0.39, 0.29) is 11.1 Å². The number of hydrogen-bond acceptors (Lipinski definition) is 6. The van der Waals surface area contributed by atoms with Crippen molar-refractivity contribution in [2.24, 2.45) is 5.73 Å². The van der Waals surface area contributed by atoms with Crippen LogP contribution in [0, 0.1) is 0 Å². The highest BCUT2D eigenvalue weighted by Crippen LogP contribution is 2.36. The molecule has 4 rings (SSSR count). The summed E-state index contributed by atoms with van der Waals surface area (Å²) in [5.74, 6) is 0.503. The highest BCUT2D eigenvalue weighted by molar-refractivity contribution is 7.10. The summed E-state index contributed by atoms with van der Waals surface area (Å²) in [6.45, 7) is 0.409. The molecule has 0 bridgehead atoms. The maximum absolute atomic E-state index is 12.9. The lowest BCUT2D eigenvalue weighted by Gasteiger charge is -2.13. The van der Waals surface area contributed by atoms with Crippen LogP contribution in [0.15, 0.2) is 66.4 Å². The Hall–Kier alpha value is -3.01. The van der Waals surface area contributed by atoms with Crippen LogP contribution in [0.4, 0.5) is 19.0 Å². The van der Waals surface area contributed by atoms with E-state index in [0.29, 0.717) is 23.6 Å². The van der Waals surface area contributed by atoms with Gasteiger partial charge < -0.3 is 11.1 Å². The Morgan fingerprint density at radius 2 is 1.84 bits per heavy atom. The minimum atomic E-state index is -4.51. The summed E-state index contributed by atoms with van der Waals surface area (Å²) in [6.07, 6.45) is -1.44. The summed E-state index contributed by atoms with van der Waals surface area (Å²) in [5.41, 5.74) is 8.22. The molecule has 32 heavy (non-hydrogen) atoms. The SMILES string of the molecule is N[C@@H](CNc1cc(-c2ccc(C(F)(F)F)c(Cl)c2)ncn1)c1cc(-c2ccccn2)cs1. The van der Waals surface area contributed by atoms with Gasteiger partial charge in [-0.15, -0.1) is 11.3 Å².